The first kappa shape index (κ1) is 19.4. The molecule has 0 aliphatic carbocycles. The lowest BCUT2D eigenvalue weighted by Crippen LogP contribution is -2.48. The van der Waals surface area contributed by atoms with E-state index in [9.17, 15) is 4.79 Å². The average molecular weight is 436 g/mol. The number of anilines is 2. The highest BCUT2D eigenvalue weighted by molar-refractivity contribution is 7.29. The van der Waals surface area contributed by atoms with Crippen LogP contribution in [0.15, 0.2) is 24.4 Å². The van der Waals surface area contributed by atoms with Gasteiger partial charge in [0.05, 0.1) is 14.6 Å². The van der Waals surface area contributed by atoms with Crippen LogP contribution in [0.3, 0.4) is 0 Å². The number of hydrogen-bond acceptors (Lipinski definition) is 7. The van der Waals surface area contributed by atoms with Gasteiger partial charge in [0.15, 0.2) is 5.13 Å². The summed E-state index contributed by atoms with van der Waals surface area (Å²) in [5.41, 5.74) is 0. The van der Waals surface area contributed by atoms with Crippen molar-refractivity contribution in [3.8, 4) is 0 Å². The zero-order valence-corrected chi connectivity index (χ0v) is 18.3. The quantitative estimate of drug-likeness (QED) is 0.600. The lowest BCUT2D eigenvalue weighted by Gasteiger charge is -2.35. The monoisotopic (exact) mass is 435 g/mol. The first-order valence-electron chi connectivity index (χ1n) is 9.40. The Hall–Kier alpha value is -1.90. The van der Waals surface area contributed by atoms with Gasteiger partial charge in [0.1, 0.15) is 10.6 Å². The Kier molecular flexibility index (Phi) is 5.70. The Labute approximate surface area is 177 Å². The van der Waals surface area contributed by atoms with Gasteiger partial charge in [-0.2, -0.15) is 0 Å². The minimum Gasteiger partial charge on any atom is -0.353 e. The summed E-state index contributed by atoms with van der Waals surface area (Å²) in [6, 6.07) is 5.77. The van der Waals surface area contributed by atoms with Gasteiger partial charge in [-0.25, -0.2) is 9.97 Å². The zero-order chi connectivity index (χ0) is 19.7. The molecule has 0 spiro atoms. The van der Waals surface area contributed by atoms with Gasteiger partial charge in [0, 0.05) is 45.5 Å². The van der Waals surface area contributed by atoms with Crippen molar-refractivity contribution < 1.29 is 4.79 Å². The van der Waals surface area contributed by atoms with Crippen LogP contribution < -0.4 is 9.80 Å². The number of piperazine rings is 1. The summed E-state index contributed by atoms with van der Waals surface area (Å²) in [4.78, 5) is 30.1. The van der Waals surface area contributed by atoms with Crippen molar-refractivity contribution in [3.05, 3.63) is 34.3 Å². The van der Waals surface area contributed by atoms with E-state index < -0.39 is 0 Å². The number of carbonyl (C=O) groups is 1. The van der Waals surface area contributed by atoms with Crippen LogP contribution in [0.2, 0.25) is 5.02 Å². The summed E-state index contributed by atoms with van der Waals surface area (Å²) in [5, 5.41) is 1.67. The second-order valence-corrected chi connectivity index (χ2v) is 9.04. The third-order valence-corrected chi connectivity index (χ3v) is 7.36. The minimum absolute atomic E-state index is 0.100. The number of aromatic nitrogens is 2. The van der Waals surface area contributed by atoms with Crippen LogP contribution >= 0.6 is 34.3 Å². The topological polar surface area (TPSA) is 52.6 Å². The second-order valence-electron chi connectivity index (χ2n) is 6.56. The van der Waals surface area contributed by atoms with Crippen LogP contribution in [-0.2, 0) is 0 Å². The van der Waals surface area contributed by atoms with Crippen molar-refractivity contribution in [3.63, 3.8) is 0 Å². The molecule has 0 aromatic carbocycles. The van der Waals surface area contributed by atoms with Crippen molar-refractivity contribution >= 4 is 60.7 Å². The average Bonchev–Trinajstić information content (AvgIpc) is 3.28. The third-order valence-electron chi connectivity index (χ3n) is 4.93. The summed E-state index contributed by atoms with van der Waals surface area (Å²) in [6.45, 7) is 9.06. The Morgan fingerprint density at radius 2 is 1.93 bits per heavy atom. The normalized spacial score (nSPS) is 14.7. The maximum atomic E-state index is 12.9. The Bertz CT molecular complexity index is 927. The summed E-state index contributed by atoms with van der Waals surface area (Å²) in [5.74, 6) is 1.00. The molecule has 0 N–H and O–H groups in total. The number of thiophene rings is 1. The first-order valence-corrected chi connectivity index (χ1v) is 11.4. The highest BCUT2D eigenvalue weighted by Crippen LogP contribution is 2.35. The summed E-state index contributed by atoms with van der Waals surface area (Å²) < 4.78 is 1.10. The van der Waals surface area contributed by atoms with Crippen LogP contribution in [-0.4, -0.2) is 60.0 Å². The maximum absolute atomic E-state index is 12.9. The molecule has 9 heteroatoms. The number of halogens is 1. The lowest BCUT2D eigenvalue weighted by atomic mass is 10.3. The van der Waals surface area contributed by atoms with Crippen molar-refractivity contribution in [2.24, 2.45) is 0 Å². The molecule has 3 aromatic heterocycles. The maximum Gasteiger partial charge on any atom is 0.264 e. The van der Waals surface area contributed by atoms with Gasteiger partial charge >= 0.3 is 0 Å². The standard InChI is InChI=1S/C19H22ClN5OS2/c1-3-23(4-2)19-22-17-14(28-19)11-15(27-17)18(26)25-9-7-24(8-10-25)16-6-5-13(20)12-21-16/h5-6,11-12H,3-4,7-10H2,1-2H3. The van der Waals surface area contributed by atoms with E-state index in [0.29, 0.717) is 18.1 Å². The molecular weight excluding hydrogens is 414 g/mol. The van der Waals surface area contributed by atoms with Gasteiger partial charge in [-0.05, 0) is 32.0 Å². The number of fused-ring (bicyclic) bond motifs is 1. The lowest BCUT2D eigenvalue weighted by molar-refractivity contribution is 0.0751. The number of thiazole rings is 1. The fourth-order valence-corrected chi connectivity index (χ4v) is 5.73. The Balaban J connectivity index is 1.42. The molecule has 0 bridgehead atoms. The second kappa shape index (κ2) is 8.23. The highest BCUT2D eigenvalue weighted by Gasteiger charge is 2.25. The number of pyridine rings is 1. The predicted octanol–water partition coefficient (Wildman–Crippen LogP) is 4.21. The van der Waals surface area contributed by atoms with Gasteiger partial charge in [-0.1, -0.05) is 22.9 Å². The van der Waals surface area contributed by atoms with Gasteiger partial charge in [-0.3, -0.25) is 4.79 Å². The third kappa shape index (κ3) is 3.81. The van der Waals surface area contributed by atoms with E-state index >= 15 is 0 Å². The first-order chi connectivity index (χ1) is 13.6. The van der Waals surface area contributed by atoms with Crippen molar-refractivity contribution in [1.82, 2.24) is 14.9 Å². The molecule has 4 heterocycles. The molecule has 148 valence electrons. The van der Waals surface area contributed by atoms with Crippen LogP contribution in [0.5, 0.6) is 0 Å². The minimum atomic E-state index is 0.100. The SMILES string of the molecule is CCN(CC)c1nc2sc(C(=O)N3CCN(c4ccc(Cl)cn4)CC3)cc2s1. The molecule has 1 amide bonds. The molecule has 0 atom stereocenters. The van der Waals surface area contributed by atoms with E-state index in [4.69, 9.17) is 16.6 Å². The Morgan fingerprint density at radius 1 is 1.18 bits per heavy atom. The fourth-order valence-electron chi connectivity index (χ4n) is 3.31. The molecule has 1 aliphatic heterocycles. The molecular formula is C19H22ClN5OS2. The van der Waals surface area contributed by atoms with Crippen molar-refractivity contribution in [2.45, 2.75) is 13.8 Å². The molecule has 1 fully saturated rings. The van der Waals surface area contributed by atoms with Gasteiger partial charge in [0.2, 0.25) is 0 Å². The summed E-state index contributed by atoms with van der Waals surface area (Å²) >= 11 is 9.07. The molecule has 0 unspecified atom stereocenters. The van der Waals surface area contributed by atoms with Crippen LogP contribution in [0, 0.1) is 0 Å². The largest absolute Gasteiger partial charge is 0.353 e. The number of carbonyl (C=O) groups excluding carboxylic acids is 1. The molecule has 1 saturated heterocycles. The smallest absolute Gasteiger partial charge is 0.264 e. The number of amides is 1. The molecule has 3 aromatic rings. The Morgan fingerprint density at radius 3 is 2.54 bits per heavy atom. The molecule has 1 aliphatic rings. The fraction of sp³-hybridized carbons (Fsp3) is 0.421. The molecule has 0 radical (unpaired) electrons. The van der Waals surface area contributed by atoms with Crippen molar-refractivity contribution in [2.75, 3.05) is 49.1 Å². The number of rotatable bonds is 5. The molecule has 0 saturated carbocycles. The van der Waals surface area contributed by atoms with E-state index in [1.165, 1.54) is 11.3 Å². The van der Waals surface area contributed by atoms with Gasteiger partial charge in [-0.15, -0.1) is 11.3 Å². The van der Waals surface area contributed by atoms with E-state index in [2.05, 4.69) is 28.6 Å². The van der Waals surface area contributed by atoms with Crippen LogP contribution in [0.1, 0.15) is 23.5 Å². The molecule has 4 rings (SSSR count). The molecule has 28 heavy (non-hydrogen) atoms. The predicted molar refractivity (Wildman–Crippen MR) is 118 cm³/mol. The van der Waals surface area contributed by atoms with E-state index in [0.717, 1.165) is 51.5 Å². The summed E-state index contributed by atoms with van der Waals surface area (Å²) in [6.07, 6.45) is 1.66. The summed E-state index contributed by atoms with van der Waals surface area (Å²) in [7, 11) is 0. The number of nitrogens with zero attached hydrogens (tertiary/aromatic N) is 5. The van der Waals surface area contributed by atoms with Gasteiger partial charge in [0.25, 0.3) is 5.91 Å². The highest BCUT2D eigenvalue weighted by atomic mass is 35.5. The van der Waals surface area contributed by atoms with Crippen molar-refractivity contribution in [1.29, 1.82) is 0 Å². The van der Waals surface area contributed by atoms with Crippen LogP contribution in [0.25, 0.3) is 9.53 Å². The van der Waals surface area contributed by atoms with E-state index in [1.54, 1.807) is 17.5 Å². The van der Waals surface area contributed by atoms with E-state index in [1.807, 2.05) is 23.1 Å². The van der Waals surface area contributed by atoms with Gasteiger partial charge < -0.3 is 14.7 Å². The van der Waals surface area contributed by atoms with E-state index in [-0.39, 0.29) is 5.91 Å². The molecule has 6 nitrogen and oxygen atoms in total. The zero-order valence-electron chi connectivity index (χ0n) is 15.9. The van der Waals surface area contributed by atoms with Crippen LogP contribution in [0.4, 0.5) is 10.9 Å². The number of hydrogen-bond donors (Lipinski definition) is 0.